The third kappa shape index (κ3) is 5.77. The lowest BCUT2D eigenvalue weighted by atomic mass is 10.2. The summed E-state index contributed by atoms with van der Waals surface area (Å²) in [6.07, 6.45) is 1.37. The fraction of sp³-hybridized carbons (Fsp3) is 0.0435. The Hall–Kier alpha value is -4.91. The fourth-order valence-corrected chi connectivity index (χ4v) is 3.89. The van der Waals surface area contributed by atoms with E-state index in [1.165, 1.54) is 42.6 Å². The number of benzene rings is 3. The molecular weight excluding hydrogens is 486 g/mol. The maximum absolute atomic E-state index is 12.3. The van der Waals surface area contributed by atoms with E-state index in [0.29, 0.717) is 22.1 Å². The molecule has 1 heterocycles. The van der Waals surface area contributed by atoms with Crippen LogP contribution in [0.15, 0.2) is 89.1 Å². The summed E-state index contributed by atoms with van der Waals surface area (Å²) in [4.78, 5) is 33.3. The third-order valence-corrected chi connectivity index (χ3v) is 5.73. The lowest BCUT2D eigenvalue weighted by Crippen LogP contribution is -2.20. The standard InChI is InChI=1S/C23H17N7O5S/c31-21(25-24-14-16-9-11-19(12-10-16)29(32)33)15-36-23-27-26-22(28(23)18-6-2-1-3-7-18)17-5-4-8-20(13-17)30(34)35/h1-14H,15H2,(H,25,31)/b24-14+. The van der Waals surface area contributed by atoms with Crippen molar-refractivity contribution in [2.75, 3.05) is 5.75 Å². The van der Waals surface area contributed by atoms with Crippen molar-refractivity contribution in [1.82, 2.24) is 20.2 Å². The van der Waals surface area contributed by atoms with Crippen molar-refractivity contribution in [3.8, 4) is 17.1 Å². The molecular formula is C23H17N7O5S. The molecule has 1 N–H and O–H groups in total. The van der Waals surface area contributed by atoms with Crippen LogP contribution in [-0.4, -0.2) is 42.5 Å². The molecule has 0 saturated heterocycles. The Morgan fingerprint density at radius 1 is 0.944 bits per heavy atom. The number of nitrogens with one attached hydrogen (secondary N) is 1. The van der Waals surface area contributed by atoms with E-state index in [1.807, 2.05) is 30.3 Å². The normalized spacial score (nSPS) is 10.9. The third-order valence-electron chi connectivity index (χ3n) is 4.80. The summed E-state index contributed by atoms with van der Waals surface area (Å²) >= 11 is 1.12. The largest absolute Gasteiger partial charge is 0.272 e. The van der Waals surface area contributed by atoms with Crippen LogP contribution in [0.4, 0.5) is 11.4 Å². The molecule has 36 heavy (non-hydrogen) atoms. The molecule has 1 amide bonds. The number of carbonyl (C=O) groups excluding carboxylic acids is 1. The molecule has 12 nitrogen and oxygen atoms in total. The summed E-state index contributed by atoms with van der Waals surface area (Å²) in [5.74, 6) is -0.0426. The van der Waals surface area contributed by atoms with Gasteiger partial charge in [-0.2, -0.15) is 5.10 Å². The summed E-state index contributed by atoms with van der Waals surface area (Å²) < 4.78 is 1.72. The van der Waals surface area contributed by atoms with E-state index in [2.05, 4.69) is 20.7 Å². The van der Waals surface area contributed by atoms with Crippen LogP contribution in [0, 0.1) is 20.2 Å². The van der Waals surface area contributed by atoms with Gasteiger partial charge < -0.3 is 0 Å². The summed E-state index contributed by atoms with van der Waals surface area (Å²) in [5.41, 5.74) is 4.09. The molecule has 0 bridgehead atoms. The highest BCUT2D eigenvalue weighted by atomic mass is 32.2. The zero-order valence-electron chi connectivity index (χ0n) is 18.4. The van der Waals surface area contributed by atoms with Crippen molar-refractivity contribution >= 4 is 35.3 Å². The number of para-hydroxylation sites is 1. The monoisotopic (exact) mass is 503 g/mol. The number of hydrogen-bond donors (Lipinski definition) is 1. The highest BCUT2D eigenvalue weighted by Crippen LogP contribution is 2.29. The maximum Gasteiger partial charge on any atom is 0.270 e. The van der Waals surface area contributed by atoms with Crippen LogP contribution in [0.5, 0.6) is 0 Å². The Morgan fingerprint density at radius 3 is 2.36 bits per heavy atom. The molecule has 0 saturated carbocycles. The number of hydrogen-bond acceptors (Lipinski definition) is 9. The Morgan fingerprint density at radius 2 is 1.67 bits per heavy atom. The van der Waals surface area contributed by atoms with Gasteiger partial charge in [0.05, 0.1) is 21.8 Å². The summed E-state index contributed by atoms with van der Waals surface area (Å²) in [6, 6.07) is 21.0. The average Bonchev–Trinajstić information content (AvgIpc) is 3.32. The van der Waals surface area contributed by atoms with Crippen LogP contribution in [0.25, 0.3) is 17.1 Å². The van der Waals surface area contributed by atoms with Crippen LogP contribution in [-0.2, 0) is 4.79 Å². The Balaban J connectivity index is 1.49. The quantitative estimate of drug-likeness (QED) is 0.155. The van der Waals surface area contributed by atoms with Gasteiger partial charge in [-0.25, -0.2) is 5.43 Å². The number of non-ortho nitro benzene ring substituents is 2. The van der Waals surface area contributed by atoms with E-state index < -0.39 is 15.8 Å². The first-order chi connectivity index (χ1) is 17.4. The lowest BCUT2D eigenvalue weighted by Gasteiger charge is -2.10. The highest BCUT2D eigenvalue weighted by Gasteiger charge is 2.19. The van der Waals surface area contributed by atoms with Crippen molar-refractivity contribution in [2.24, 2.45) is 5.10 Å². The molecule has 13 heteroatoms. The van der Waals surface area contributed by atoms with Gasteiger partial charge in [0.25, 0.3) is 17.3 Å². The molecule has 3 aromatic carbocycles. The molecule has 0 unspecified atom stereocenters. The van der Waals surface area contributed by atoms with Gasteiger partial charge in [0.15, 0.2) is 11.0 Å². The van der Waals surface area contributed by atoms with E-state index in [-0.39, 0.29) is 17.1 Å². The van der Waals surface area contributed by atoms with Gasteiger partial charge in [-0.15, -0.1) is 10.2 Å². The highest BCUT2D eigenvalue weighted by molar-refractivity contribution is 7.99. The number of hydrazone groups is 1. The van der Waals surface area contributed by atoms with Crippen molar-refractivity contribution in [3.63, 3.8) is 0 Å². The van der Waals surface area contributed by atoms with Crippen LogP contribution < -0.4 is 5.43 Å². The van der Waals surface area contributed by atoms with E-state index in [4.69, 9.17) is 0 Å². The van der Waals surface area contributed by atoms with Gasteiger partial charge in [0.2, 0.25) is 0 Å². The maximum atomic E-state index is 12.3. The number of carbonyl (C=O) groups is 1. The Kier molecular flexibility index (Phi) is 7.41. The zero-order chi connectivity index (χ0) is 25.5. The fourth-order valence-electron chi connectivity index (χ4n) is 3.14. The molecule has 0 radical (unpaired) electrons. The topological polar surface area (TPSA) is 158 Å². The smallest absolute Gasteiger partial charge is 0.270 e. The Bertz CT molecular complexity index is 1440. The first kappa shape index (κ1) is 24.2. The predicted molar refractivity (Wildman–Crippen MR) is 133 cm³/mol. The number of nitro benzene ring substituents is 2. The first-order valence-corrected chi connectivity index (χ1v) is 11.4. The molecule has 4 aromatic rings. The number of thioether (sulfide) groups is 1. The molecule has 0 aliphatic carbocycles. The minimum absolute atomic E-state index is 0.0303. The molecule has 0 fully saturated rings. The van der Waals surface area contributed by atoms with Crippen molar-refractivity contribution < 1.29 is 14.6 Å². The first-order valence-electron chi connectivity index (χ1n) is 10.4. The second kappa shape index (κ2) is 11.0. The predicted octanol–water partition coefficient (Wildman–Crippen LogP) is 3.99. The number of nitrogens with zero attached hydrogens (tertiary/aromatic N) is 6. The van der Waals surface area contributed by atoms with E-state index in [9.17, 15) is 25.0 Å². The summed E-state index contributed by atoms with van der Waals surface area (Å²) in [7, 11) is 0. The minimum atomic E-state index is -0.501. The zero-order valence-corrected chi connectivity index (χ0v) is 19.2. The van der Waals surface area contributed by atoms with E-state index >= 15 is 0 Å². The molecule has 180 valence electrons. The van der Waals surface area contributed by atoms with Crippen LogP contribution in [0.2, 0.25) is 0 Å². The van der Waals surface area contributed by atoms with Gasteiger partial charge in [-0.05, 0) is 29.8 Å². The van der Waals surface area contributed by atoms with Gasteiger partial charge in [0, 0.05) is 35.5 Å². The molecule has 0 aliphatic rings. The van der Waals surface area contributed by atoms with Crippen molar-refractivity contribution in [1.29, 1.82) is 0 Å². The molecule has 4 rings (SSSR count). The van der Waals surface area contributed by atoms with E-state index in [1.54, 1.807) is 16.7 Å². The lowest BCUT2D eigenvalue weighted by molar-refractivity contribution is -0.385. The van der Waals surface area contributed by atoms with Gasteiger partial charge in [-0.3, -0.25) is 29.6 Å². The second-order valence-corrected chi connectivity index (χ2v) is 8.16. The van der Waals surface area contributed by atoms with Crippen molar-refractivity contribution in [2.45, 2.75) is 5.16 Å². The molecule has 1 aromatic heterocycles. The summed E-state index contributed by atoms with van der Waals surface area (Å²) in [5, 5.41) is 34.6. The van der Waals surface area contributed by atoms with Crippen LogP contribution >= 0.6 is 11.8 Å². The van der Waals surface area contributed by atoms with Gasteiger partial charge >= 0.3 is 0 Å². The molecule has 0 aliphatic heterocycles. The SMILES string of the molecule is O=C(CSc1nnc(-c2cccc([N+](=O)[O-])c2)n1-c1ccccc1)N/N=C/c1ccc([N+](=O)[O-])cc1. The van der Waals surface area contributed by atoms with Gasteiger partial charge in [-0.1, -0.05) is 42.1 Å². The summed E-state index contributed by atoms with van der Waals surface area (Å²) in [6.45, 7) is 0. The van der Waals surface area contributed by atoms with E-state index in [0.717, 1.165) is 17.4 Å². The number of amides is 1. The number of rotatable bonds is 9. The van der Waals surface area contributed by atoms with Crippen molar-refractivity contribution in [3.05, 3.63) is 105 Å². The van der Waals surface area contributed by atoms with Crippen LogP contribution in [0.1, 0.15) is 5.56 Å². The molecule has 0 atom stereocenters. The minimum Gasteiger partial charge on any atom is -0.272 e. The Labute approximate surface area is 208 Å². The molecule has 0 spiro atoms. The number of aromatic nitrogens is 3. The average molecular weight is 504 g/mol. The van der Waals surface area contributed by atoms with Gasteiger partial charge in [0.1, 0.15) is 0 Å². The van der Waals surface area contributed by atoms with Crippen LogP contribution in [0.3, 0.4) is 0 Å². The second-order valence-electron chi connectivity index (χ2n) is 7.22. The number of nitro groups is 2.